The highest BCUT2D eigenvalue weighted by molar-refractivity contribution is 6.38. The van der Waals surface area contributed by atoms with Crippen LogP contribution in [-0.4, -0.2) is 5.78 Å². The average molecular weight is 243 g/mol. The number of allylic oxidation sites excluding steroid dienone is 1. The topological polar surface area (TPSA) is 17.1 Å². The molecule has 0 unspecified atom stereocenters. The third-order valence-electron chi connectivity index (χ3n) is 2.51. The summed E-state index contributed by atoms with van der Waals surface area (Å²) >= 11 is 5.99. The molecule has 0 spiro atoms. The lowest BCUT2D eigenvalue weighted by atomic mass is 9.98. The van der Waals surface area contributed by atoms with E-state index in [1.165, 1.54) is 0 Å². The lowest BCUT2D eigenvalue weighted by molar-refractivity contribution is 0.105. The molecule has 0 saturated carbocycles. The van der Waals surface area contributed by atoms with Crippen molar-refractivity contribution in [1.82, 2.24) is 0 Å². The quantitative estimate of drug-likeness (QED) is 0.581. The monoisotopic (exact) mass is 242 g/mol. The maximum absolute atomic E-state index is 12.2. The van der Waals surface area contributed by atoms with Crippen molar-refractivity contribution in [3.63, 3.8) is 0 Å². The molecule has 0 saturated heterocycles. The Bertz CT molecular complexity index is 558. The Morgan fingerprint density at radius 2 is 1.53 bits per heavy atom. The third-order valence-corrected chi connectivity index (χ3v) is 2.84. The zero-order valence-corrected chi connectivity index (χ0v) is 9.95. The van der Waals surface area contributed by atoms with Crippen molar-refractivity contribution < 1.29 is 4.79 Å². The van der Waals surface area contributed by atoms with Crippen LogP contribution < -0.4 is 0 Å². The van der Waals surface area contributed by atoms with Gasteiger partial charge in [0.2, 0.25) is 0 Å². The van der Waals surface area contributed by atoms with Crippen LogP contribution in [0.2, 0.25) is 5.02 Å². The molecule has 2 heteroatoms. The van der Waals surface area contributed by atoms with Crippen LogP contribution in [0.4, 0.5) is 0 Å². The van der Waals surface area contributed by atoms with Crippen molar-refractivity contribution in [2.45, 2.75) is 0 Å². The van der Waals surface area contributed by atoms with Crippen LogP contribution >= 0.6 is 11.6 Å². The molecule has 84 valence electrons. The number of hydrogen-bond donors (Lipinski definition) is 0. The molecule has 2 aromatic rings. The molecule has 0 radical (unpaired) electrons. The molecule has 0 aliphatic heterocycles. The smallest absolute Gasteiger partial charge is 0.194 e. The van der Waals surface area contributed by atoms with E-state index in [-0.39, 0.29) is 5.78 Å². The summed E-state index contributed by atoms with van der Waals surface area (Å²) in [6.07, 6.45) is 0. The molecule has 2 rings (SSSR count). The summed E-state index contributed by atoms with van der Waals surface area (Å²) < 4.78 is 0. The second kappa shape index (κ2) is 4.98. The minimum Gasteiger partial charge on any atom is -0.289 e. The first-order chi connectivity index (χ1) is 8.20. The first kappa shape index (κ1) is 11.6. The largest absolute Gasteiger partial charge is 0.289 e. The number of benzene rings is 2. The summed E-state index contributed by atoms with van der Waals surface area (Å²) in [6.45, 7) is 3.83. The Labute approximate surface area is 105 Å². The molecule has 1 nitrogen and oxygen atoms in total. The van der Waals surface area contributed by atoms with Gasteiger partial charge in [0, 0.05) is 11.1 Å². The highest BCUT2D eigenvalue weighted by atomic mass is 35.5. The van der Waals surface area contributed by atoms with Crippen molar-refractivity contribution in [2.75, 3.05) is 0 Å². The van der Waals surface area contributed by atoms with Crippen molar-refractivity contribution in [1.29, 1.82) is 0 Å². The van der Waals surface area contributed by atoms with E-state index in [2.05, 4.69) is 6.58 Å². The first-order valence-corrected chi connectivity index (χ1v) is 5.61. The summed E-state index contributed by atoms with van der Waals surface area (Å²) in [5, 5.41) is 0.453. The Hall–Kier alpha value is -1.86. The van der Waals surface area contributed by atoms with Gasteiger partial charge in [-0.1, -0.05) is 60.6 Å². The van der Waals surface area contributed by atoms with Gasteiger partial charge in [-0.15, -0.1) is 0 Å². The number of carbonyl (C=O) groups excluding carboxylic acids is 1. The fourth-order valence-electron chi connectivity index (χ4n) is 1.58. The van der Waals surface area contributed by atoms with Crippen molar-refractivity contribution in [2.24, 2.45) is 0 Å². The van der Waals surface area contributed by atoms with Gasteiger partial charge >= 0.3 is 0 Å². The standard InChI is InChI=1S/C15H11ClO/c1-11(12-7-3-2-4-8-12)15(17)13-9-5-6-10-14(13)16/h2-10H,1H2. The third kappa shape index (κ3) is 2.45. The molecule has 2 aromatic carbocycles. The second-order valence-electron chi connectivity index (χ2n) is 3.65. The second-order valence-corrected chi connectivity index (χ2v) is 4.06. The van der Waals surface area contributed by atoms with Gasteiger partial charge < -0.3 is 0 Å². The Kier molecular flexibility index (Phi) is 3.40. The maximum atomic E-state index is 12.2. The van der Waals surface area contributed by atoms with Gasteiger partial charge in [-0.3, -0.25) is 4.79 Å². The van der Waals surface area contributed by atoms with Gasteiger partial charge in [0.05, 0.1) is 5.02 Å². The summed E-state index contributed by atoms with van der Waals surface area (Å²) in [5.74, 6) is -0.137. The molecule has 0 heterocycles. The zero-order valence-electron chi connectivity index (χ0n) is 9.19. The summed E-state index contributed by atoms with van der Waals surface area (Å²) in [4.78, 5) is 12.2. The number of carbonyl (C=O) groups is 1. The van der Waals surface area contributed by atoms with E-state index in [1.54, 1.807) is 24.3 Å². The van der Waals surface area contributed by atoms with E-state index < -0.39 is 0 Å². The van der Waals surface area contributed by atoms with Crippen LogP contribution in [0.15, 0.2) is 61.2 Å². The number of ketones is 1. The van der Waals surface area contributed by atoms with Crippen LogP contribution in [-0.2, 0) is 0 Å². The highest BCUT2D eigenvalue weighted by Crippen LogP contribution is 2.22. The number of rotatable bonds is 3. The van der Waals surface area contributed by atoms with Gasteiger partial charge in [0.1, 0.15) is 0 Å². The molecule has 17 heavy (non-hydrogen) atoms. The molecular weight excluding hydrogens is 232 g/mol. The predicted molar refractivity (Wildman–Crippen MR) is 71.3 cm³/mol. The summed E-state index contributed by atoms with van der Waals surface area (Å²) in [6, 6.07) is 16.4. The summed E-state index contributed by atoms with van der Waals surface area (Å²) in [5.41, 5.74) is 1.76. The summed E-state index contributed by atoms with van der Waals surface area (Å²) in [7, 11) is 0. The SMILES string of the molecule is C=C(C(=O)c1ccccc1Cl)c1ccccc1. The molecule has 0 bridgehead atoms. The average Bonchev–Trinajstić information content (AvgIpc) is 2.39. The van der Waals surface area contributed by atoms with E-state index in [4.69, 9.17) is 11.6 Å². The van der Waals surface area contributed by atoms with Gasteiger partial charge in [-0.25, -0.2) is 0 Å². The Morgan fingerprint density at radius 1 is 0.941 bits per heavy atom. The van der Waals surface area contributed by atoms with Crippen LogP contribution in [0.25, 0.3) is 5.57 Å². The fourth-order valence-corrected chi connectivity index (χ4v) is 1.80. The normalized spacial score (nSPS) is 9.94. The molecular formula is C15H11ClO. The number of hydrogen-bond acceptors (Lipinski definition) is 1. The number of Topliss-reactive ketones (excluding diaryl/α,β-unsaturated/α-hetero) is 1. The molecule has 0 amide bonds. The number of halogens is 1. The van der Waals surface area contributed by atoms with Crippen molar-refractivity contribution in [3.8, 4) is 0 Å². The minimum absolute atomic E-state index is 0.137. The van der Waals surface area contributed by atoms with Gasteiger partial charge in [0.25, 0.3) is 0 Å². The van der Waals surface area contributed by atoms with E-state index in [1.807, 2.05) is 30.3 Å². The van der Waals surface area contributed by atoms with Crippen molar-refractivity contribution >= 4 is 23.0 Å². The Balaban J connectivity index is 2.34. The lowest BCUT2D eigenvalue weighted by Crippen LogP contribution is -2.02. The van der Waals surface area contributed by atoms with Gasteiger partial charge in [0.15, 0.2) is 5.78 Å². The van der Waals surface area contributed by atoms with Crippen LogP contribution in [0.5, 0.6) is 0 Å². The predicted octanol–water partition coefficient (Wildman–Crippen LogP) is 4.24. The molecule has 0 aromatic heterocycles. The molecule has 0 aliphatic carbocycles. The molecule has 0 fully saturated rings. The van der Waals surface area contributed by atoms with Crippen LogP contribution in [0.1, 0.15) is 15.9 Å². The lowest BCUT2D eigenvalue weighted by Gasteiger charge is -2.06. The van der Waals surface area contributed by atoms with E-state index in [9.17, 15) is 4.79 Å². The fraction of sp³-hybridized carbons (Fsp3) is 0. The van der Waals surface area contributed by atoms with Gasteiger partial charge in [-0.2, -0.15) is 0 Å². The van der Waals surface area contributed by atoms with Crippen LogP contribution in [0.3, 0.4) is 0 Å². The van der Waals surface area contributed by atoms with E-state index >= 15 is 0 Å². The van der Waals surface area contributed by atoms with Crippen molar-refractivity contribution in [3.05, 3.63) is 77.3 Å². The Morgan fingerprint density at radius 3 is 2.18 bits per heavy atom. The van der Waals surface area contributed by atoms with E-state index in [0.29, 0.717) is 16.2 Å². The van der Waals surface area contributed by atoms with E-state index in [0.717, 1.165) is 5.56 Å². The maximum Gasteiger partial charge on any atom is 0.194 e. The molecule has 0 atom stereocenters. The highest BCUT2D eigenvalue weighted by Gasteiger charge is 2.14. The first-order valence-electron chi connectivity index (χ1n) is 5.23. The van der Waals surface area contributed by atoms with Gasteiger partial charge in [-0.05, 0) is 17.7 Å². The minimum atomic E-state index is -0.137. The van der Waals surface area contributed by atoms with Crippen LogP contribution in [0, 0.1) is 0 Å². The molecule has 0 aliphatic rings. The zero-order chi connectivity index (χ0) is 12.3. The molecule has 0 N–H and O–H groups in total.